The molecule has 0 amide bonds. The van der Waals surface area contributed by atoms with Crippen LogP contribution in [0.5, 0.6) is 0 Å². The molecule has 0 aromatic carbocycles. The van der Waals surface area contributed by atoms with Crippen LogP contribution in [0.25, 0.3) is 0 Å². The first-order chi connectivity index (χ1) is 4.20. The van der Waals surface area contributed by atoms with Gasteiger partial charge in [-0.05, 0) is 6.42 Å². The molecular formula is C4H7NO3S. The van der Waals surface area contributed by atoms with E-state index in [2.05, 4.69) is 4.18 Å². The summed E-state index contributed by atoms with van der Waals surface area (Å²) in [4.78, 5) is 0. The third-order valence-corrected chi connectivity index (χ3v) is 3.12. The van der Waals surface area contributed by atoms with Gasteiger partial charge in [0, 0.05) is 12.6 Å². The zero-order valence-electron chi connectivity index (χ0n) is 4.78. The highest BCUT2D eigenvalue weighted by molar-refractivity contribution is 7.84. The van der Waals surface area contributed by atoms with Crippen molar-refractivity contribution in [1.82, 2.24) is 4.31 Å². The van der Waals surface area contributed by atoms with E-state index < -0.39 is 10.3 Å². The Balaban J connectivity index is 2.28. The molecule has 2 unspecified atom stereocenters. The van der Waals surface area contributed by atoms with E-state index in [9.17, 15) is 8.42 Å². The van der Waals surface area contributed by atoms with Crippen molar-refractivity contribution in [3.05, 3.63) is 0 Å². The average molecular weight is 149 g/mol. The van der Waals surface area contributed by atoms with E-state index in [0.717, 1.165) is 6.42 Å². The van der Waals surface area contributed by atoms with Crippen molar-refractivity contribution in [3.8, 4) is 0 Å². The van der Waals surface area contributed by atoms with E-state index in [0.29, 0.717) is 13.2 Å². The molecule has 0 spiro atoms. The summed E-state index contributed by atoms with van der Waals surface area (Å²) in [6, 6.07) is 0.267. The summed E-state index contributed by atoms with van der Waals surface area (Å²) in [5, 5.41) is 0. The summed E-state index contributed by atoms with van der Waals surface area (Å²) < 4.78 is 27.3. The molecule has 2 aliphatic rings. The Morgan fingerprint density at radius 3 is 2.89 bits per heavy atom. The second-order valence-electron chi connectivity index (χ2n) is 2.29. The third kappa shape index (κ3) is 0.762. The standard InChI is InChI=1S/C4H7NO3S/c6-9(7)5-3-4(5)1-2-8-9/h4H,1-3H2. The fraction of sp³-hybridized carbons (Fsp3) is 1.00. The number of hydrogen-bond acceptors (Lipinski definition) is 3. The minimum Gasteiger partial charge on any atom is -0.258 e. The van der Waals surface area contributed by atoms with Gasteiger partial charge in [-0.1, -0.05) is 0 Å². The van der Waals surface area contributed by atoms with Crippen LogP contribution in [0.15, 0.2) is 0 Å². The highest BCUT2D eigenvalue weighted by Crippen LogP contribution is 2.30. The van der Waals surface area contributed by atoms with Crippen molar-refractivity contribution in [1.29, 1.82) is 0 Å². The minimum absolute atomic E-state index is 0.267. The van der Waals surface area contributed by atoms with Crippen LogP contribution in [0.2, 0.25) is 0 Å². The zero-order valence-corrected chi connectivity index (χ0v) is 5.60. The summed E-state index contributed by atoms with van der Waals surface area (Å²) in [7, 11) is -3.25. The molecule has 0 radical (unpaired) electrons. The Hall–Kier alpha value is -0.130. The van der Waals surface area contributed by atoms with E-state index >= 15 is 0 Å². The monoisotopic (exact) mass is 149 g/mol. The predicted molar refractivity (Wildman–Crippen MR) is 30.0 cm³/mol. The summed E-state index contributed by atoms with van der Waals surface area (Å²) >= 11 is 0. The maximum atomic E-state index is 10.7. The van der Waals surface area contributed by atoms with Gasteiger partial charge < -0.3 is 0 Å². The predicted octanol–water partition coefficient (Wildman–Crippen LogP) is -0.664. The van der Waals surface area contributed by atoms with Crippen molar-refractivity contribution in [3.63, 3.8) is 0 Å². The molecule has 2 atom stereocenters. The quantitative estimate of drug-likeness (QED) is 0.429. The lowest BCUT2D eigenvalue weighted by Crippen LogP contribution is -2.23. The summed E-state index contributed by atoms with van der Waals surface area (Å²) in [6.07, 6.45) is 0.860. The minimum atomic E-state index is -3.25. The van der Waals surface area contributed by atoms with Crippen molar-refractivity contribution >= 4 is 10.3 Å². The van der Waals surface area contributed by atoms with Gasteiger partial charge in [-0.3, -0.25) is 4.18 Å². The van der Waals surface area contributed by atoms with Gasteiger partial charge in [0.1, 0.15) is 0 Å². The first kappa shape index (κ1) is 5.64. The van der Waals surface area contributed by atoms with Gasteiger partial charge in [-0.25, -0.2) is 0 Å². The molecule has 0 bridgehead atoms. The van der Waals surface area contributed by atoms with Crippen molar-refractivity contribution in [2.75, 3.05) is 13.2 Å². The molecule has 2 rings (SSSR count). The topological polar surface area (TPSA) is 46.4 Å². The van der Waals surface area contributed by atoms with Crippen molar-refractivity contribution < 1.29 is 12.6 Å². The maximum Gasteiger partial charge on any atom is 0.338 e. The lowest BCUT2D eigenvalue weighted by Gasteiger charge is -2.10. The van der Waals surface area contributed by atoms with Crippen LogP contribution in [0.4, 0.5) is 0 Å². The Morgan fingerprint density at radius 1 is 1.56 bits per heavy atom. The highest BCUT2D eigenvalue weighted by Gasteiger charge is 2.47. The lowest BCUT2D eigenvalue weighted by molar-refractivity contribution is 0.266. The molecule has 2 saturated heterocycles. The molecule has 2 heterocycles. The van der Waals surface area contributed by atoms with Crippen molar-refractivity contribution in [2.24, 2.45) is 0 Å². The molecule has 0 saturated carbocycles. The number of nitrogens with zero attached hydrogens (tertiary/aromatic N) is 1. The van der Waals surface area contributed by atoms with Gasteiger partial charge >= 0.3 is 10.3 Å². The van der Waals surface area contributed by atoms with Gasteiger partial charge in [0.2, 0.25) is 0 Å². The molecule has 0 aromatic rings. The van der Waals surface area contributed by atoms with Gasteiger partial charge in [0.05, 0.1) is 6.61 Å². The van der Waals surface area contributed by atoms with Crippen LogP contribution in [-0.2, 0) is 14.5 Å². The second kappa shape index (κ2) is 1.47. The Morgan fingerprint density at radius 2 is 2.33 bits per heavy atom. The Bertz CT molecular complexity index is 222. The van der Waals surface area contributed by atoms with E-state index in [1.807, 2.05) is 0 Å². The van der Waals surface area contributed by atoms with Gasteiger partial charge in [0.15, 0.2) is 0 Å². The number of rotatable bonds is 0. The van der Waals surface area contributed by atoms with Crippen LogP contribution in [0, 0.1) is 0 Å². The smallest absolute Gasteiger partial charge is 0.258 e. The molecule has 2 fully saturated rings. The van der Waals surface area contributed by atoms with Gasteiger partial charge in [-0.2, -0.15) is 12.7 Å². The third-order valence-electron chi connectivity index (χ3n) is 1.63. The molecular weight excluding hydrogens is 142 g/mol. The number of fused-ring (bicyclic) bond motifs is 1. The number of hydrogen-bond donors (Lipinski definition) is 0. The average Bonchev–Trinajstić information content (AvgIpc) is 2.43. The molecule has 0 aliphatic carbocycles. The highest BCUT2D eigenvalue weighted by atomic mass is 32.2. The van der Waals surface area contributed by atoms with Crippen molar-refractivity contribution in [2.45, 2.75) is 12.5 Å². The largest absolute Gasteiger partial charge is 0.338 e. The normalized spacial score (nSPS) is 45.8. The fourth-order valence-electron chi connectivity index (χ4n) is 1.03. The molecule has 2 aliphatic heterocycles. The summed E-state index contributed by atoms with van der Waals surface area (Å²) in [6.45, 7) is 1.03. The van der Waals surface area contributed by atoms with E-state index in [4.69, 9.17) is 0 Å². The SMILES string of the molecule is O=S1(=O)OCCC2CN21. The van der Waals surface area contributed by atoms with E-state index in [1.165, 1.54) is 4.31 Å². The van der Waals surface area contributed by atoms with E-state index in [1.54, 1.807) is 0 Å². The second-order valence-corrected chi connectivity index (χ2v) is 3.85. The molecule has 4 nitrogen and oxygen atoms in total. The van der Waals surface area contributed by atoms with Crippen LogP contribution in [0.3, 0.4) is 0 Å². The van der Waals surface area contributed by atoms with Crippen LogP contribution in [0.1, 0.15) is 6.42 Å². The zero-order chi connectivity index (χ0) is 6.48. The molecule has 0 aromatic heterocycles. The molecule has 5 heteroatoms. The first-order valence-corrected chi connectivity index (χ1v) is 4.23. The lowest BCUT2D eigenvalue weighted by atomic mass is 10.3. The fourth-order valence-corrected chi connectivity index (χ4v) is 2.29. The summed E-state index contributed by atoms with van der Waals surface area (Å²) in [5.74, 6) is 0. The first-order valence-electron chi connectivity index (χ1n) is 2.86. The Labute approximate surface area is 53.7 Å². The van der Waals surface area contributed by atoms with Crippen LogP contribution in [-0.4, -0.2) is 31.9 Å². The van der Waals surface area contributed by atoms with E-state index in [-0.39, 0.29) is 6.04 Å². The Kier molecular flexibility index (Phi) is 0.924. The maximum absolute atomic E-state index is 10.7. The van der Waals surface area contributed by atoms with Crippen LogP contribution >= 0.6 is 0 Å². The molecule has 9 heavy (non-hydrogen) atoms. The molecule has 0 N–H and O–H groups in total. The van der Waals surface area contributed by atoms with Gasteiger partial charge in [-0.15, -0.1) is 0 Å². The summed E-state index contributed by atoms with van der Waals surface area (Å²) in [5.41, 5.74) is 0. The van der Waals surface area contributed by atoms with Crippen LogP contribution < -0.4 is 0 Å². The van der Waals surface area contributed by atoms with Gasteiger partial charge in [0.25, 0.3) is 0 Å². The molecule has 52 valence electrons.